The summed E-state index contributed by atoms with van der Waals surface area (Å²) in [6.07, 6.45) is 0.566. The van der Waals surface area contributed by atoms with Crippen LogP contribution in [0.2, 0.25) is 0 Å². The Morgan fingerprint density at radius 1 is 1.25 bits per heavy atom. The third-order valence-electron chi connectivity index (χ3n) is 4.30. The van der Waals surface area contributed by atoms with Gasteiger partial charge in [-0.2, -0.15) is 0 Å². The highest BCUT2D eigenvalue weighted by Gasteiger charge is 2.41. The summed E-state index contributed by atoms with van der Waals surface area (Å²) in [5.41, 5.74) is 0.0836. The highest BCUT2D eigenvalue weighted by atomic mass is 16.5. The molecule has 2 aliphatic heterocycles. The Bertz CT molecular complexity index is 705. The smallest absolute Gasteiger partial charge is 0.261 e. The van der Waals surface area contributed by atoms with E-state index in [4.69, 9.17) is 4.74 Å². The quantitative estimate of drug-likeness (QED) is 0.628. The minimum Gasteiger partial charge on any atom is -0.386 e. The van der Waals surface area contributed by atoms with Gasteiger partial charge in [0.25, 0.3) is 17.7 Å². The number of benzene rings is 1. The van der Waals surface area contributed by atoms with Crippen molar-refractivity contribution in [2.45, 2.75) is 18.9 Å². The van der Waals surface area contributed by atoms with E-state index in [1.165, 1.54) is 21.9 Å². The minimum absolute atomic E-state index is 0.248. The maximum atomic E-state index is 12.4. The van der Waals surface area contributed by atoms with E-state index < -0.39 is 5.60 Å². The number of likely N-dealkylation sites (tertiary alicyclic amines) is 1. The lowest BCUT2D eigenvalue weighted by Crippen LogP contribution is -2.61. The van der Waals surface area contributed by atoms with Crippen LogP contribution in [0.25, 0.3) is 0 Å². The van der Waals surface area contributed by atoms with Crippen LogP contribution in [0.1, 0.15) is 44.4 Å². The summed E-state index contributed by atoms with van der Waals surface area (Å²) in [6, 6.07) is 4.55. The Morgan fingerprint density at radius 3 is 2.54 bits per heavy atom. The van der Waals surface area contributed by atoms with Crippen molar-refractivity contribution in [3.63, 3.8) is 0 Å². The molecule has 0 aliphatic carbocycles. The predicted molar refractivity (Wildman–Crippen MR) is 84.8 cm³/mol. The summed E-state index contributed by atoms with van der Waals surface area (Å²) >= 11 is 0. The zero-order valence-electron chi connectivity index (χ0n) is 13.7. The van der Waals surface area contributed by atoms with Crippen LogP contribution in [0, 0.1) is 0 Å². The van der Waals surface area contributed by atoms with Crippen molar-refractivity contribution in [2.24, 2.45) is 0 Å². The monoisotopic (exact) mass is 332 g/mol. The number of β-amino-alcohol motifs (C(OH)–C–C–N with tert-alkyl or cyclic N) is 1. The number of hydrogen-bond donors (Lipinski definition) is 1. The molecule has 2 heterocycles. The Balaban J connectivity index is 1.77. The number of imide groups is 1. The number of hydrogen-bond acceptors (Lipinski definition) is 5. The fourth-order valence-corrected chi connectivity index (χ4v) is 3.10. The third kappa shape index (κ3) is 2.81. The zero-order valence-corrected chi connectivity index (χ0v) is 13.7. The van der Waals surface area contributed by atoms with Crippen molar-refractivity contribution >= 4 is 17.7 Å². The lowest BCUT2D eigenvalue weighted by molar-refractivity contribution is -0.0668. The van der Waals surface area contributed by atoms with E-state index in [0.717, 1.165) is 0 Å². The second-order valence-electron chi connectivity index (χ2n) is 6.53. The molecular weight excluding hydrogens is 312 g/mol. The van der Waals surface area contributed by atoms with E-state index in [1.807, 2.05) is 0 Å². The highest BCUT2D eigenvalue weighted by molar-refractivity contribution is 6.22. The first kappa shape index (κ1) is 16.6. The largest absolute Gasteiger partial charge is 0.386 e. The Morgan fingerprint density at radius 2 is 1.92 bits per heavy atom. The maximum absolute atomic E-state index is 12.4. The first-order valence-electron chi connectivity index (χ1n) is 7.85. The van der Waals surface area contributed by atoms with Gasteiger partial charge in [-0.3, -0.25) is 19.3 Å². The Kier molecular flexibility index (Phi) is 4.15. The number of rotatable bonds is 5. The van der Waals surface area contributed by atoms with Gasteiger partial charge in [0.05, 0.1) is 29.8 Å². The van der Waals surface area contributed by atoms with E-state index >= 15 is 0 Å². The number of ether oxygens (including phenoxy) is 1. The molecule has 0 atom stereocenters. The van der Waals surface area contributed by atoms with Crippen molar-refractivity contribution in [3.8, 4) is 0 Å². The average Bonchev–Trinajstić information content (AvgIpc) is 2.76. The molecule has 0 spiro atoms. The fourth-order valence-electron chi connectivity index (χ4n) is 3.10. The third-order valence-corrected chi connectivity index (χ3v) is 4.30. The number of carbonyl (C=O) groups excluding carboxylic acids is 3. The molecule has 0 unspecified atom stereocenters. The van der Waals surface area contributed by atoms with Crippen LogP contribution >= 0.6 is 0 Å². The van der Waals surface area contributed by atoms with E-state index in [1.54, 1.807) is 20.1 Å². The van der Waals surface area contributed by atoms with Gasteiger partial charge >= 0.3 is 0 Å². The standard InChI is InChI=1S/C17H20N2O5/c1-17(23)9-18(10-17)14(20)11-4-5-12-13(8-11)16(22)19(15(12)21)6-3-7-24-2/h4-5,8,23H,3,6-7,9-10H2,1-2H3. The molecule has 1 N–H and O–H groups in total. The van der Waals surface area contributed by atoms with Crippen molar-refractivity contribution in [1.82, 2.24) is 9.80 Å². The van der Waals surface area contributed by atoms with Crippen LogP contribution in [0.15, 0.2) is 18.2 Å². The molecule has 7 heteroatoms. The molecule has 7 nitrogen and oxygen atoms in total. The molecule has 1 fully saturated rings. The normalized spacial score (nSPS) is 18.6. The highest BCUT2D eigenvalue weighted by Crippen LogP contribution is 2.27. The molecule has 24 heavy (non-hydrogen) atoms. The van der Waals surface area contributed by atoms with Crippen molar-refractivity contribution in [2.75, 3.05) is 33.4 Å². The molecule has 0 saturated carbocycles. The van der Waals surface area contributed by atoms with Gasteiger partial charge in [-0.15, -0.1) is 0 Å². The molecule has 0 radical (unpaired) electrons. The average molecular weight is 332 g/mol. The lowest BCUT2D eigenvalue weighted by Gasteiger charge is -2.44. The van der Waals surface area contributed by atoms with E-state index in [2.05, 4.69) is 0 Å². The van der Waals surface area contributed by atoms with Crippen molar-refractivity contribution < 1.29 is 24.2 Å². The van der Waals surface area contributed by atoms with Gasteiger partial charge in [0.1, 0.15) is 0 Å². The second-order valence-corrected chi connectivity index (χ2v) is 6.53. The molecule has 128 valence electrons. The summed E-state index contributed by atoms with van der Waals surface area (Å²) in [5, 5.41) is 9.74. The van der Waals surface area contributed by atoms with Crippen molar-refractivity contribution in [3.05, 3.63) is 34.9 Å². The van der Waals surface area contributed by atoms with Gasteiger partial charge in [-0.25, -0.2) is 0 Å². The minimum atomic E-state index is -0.851. The van der Waals surface area contributed by atoms with Crippen LogP contribution in [0.3, 0.4) is 0 Å². The molecule has 1 saturated heterocycles. The Labute approximate surface area is 139 Å². The molecule has 1 aromatic rings. The maximum Gasteiger partial charge on any atom is 0.261 e. The van der Waals surface area contributed by atoms with Gasteiger partial charge in [0, 0.05) is 25.8 Å². The van der Waals surface area contributed by atoms with Gasteiger partial charge in [-0.05, 0) is 31.5 Å². The summed E-state index contributed by atoms with van der Waals surface area (Å²) < 4.78 is 4.94. The number of nitrogens with zero attached hydrogens (tertiary/aromatic N) is 2. The van der Waals surface area contributed by atoms with Crippen LogP contribution in [-0.4, -0.2) is 71.6 Å². The number of carbonyl (C=O) groups is 3. The van der Waals surface area contributed by atoms with Crippen LogP contribution in [-0.2, 0) is 4.74 Å². The number of fused-ring (bicyclic) bond motifs is 1. The van der Waals surface area contributed by atoms with Crippen molar-refractivity contribution in [1.29, 1.82) is 0 Å². The fraction of sp³-hybridized carbons (Fsp3) is 0.471. The molecule has 0 bridgehead atoms. The summed E-state index contributed by atoms with van der Waals surface area (Å²) in [7, 11) is 1.56. The number of amides is 3. The first-order chi connectivity index (χ1) is 11.3. The van der Waals surface area contributed by atoms with Crippen LogP contribution < -0.4 is 0 Å². The zero-order chi connectivity index (χ0) is 17.5. The molecular formula is C17H20N2O5. The first-order valence-corrected chi connectivity index (χ1v) is 7.85. The number of methoxy groups -OCH3 is 1. The second kappa shape index (κ2) is 5.99. The molecule has 0 aromatic heterocycles. The van der Waals surface area contributed by atoms with E-state index in [-0.39, 0.29) is 36.4 Å². The summed E-state index contributed by atoms with van der Waals surface area (Å²) in [6.45, 7) is 2.95. The molecule has 2 aliphatic rings. The van der Waals surface area contributed by atoms with Gasteiger partial charge in [0.2, 0.25) is 0 Å². The van der Waals surface area contributed by atoms with E-state index in [9.17, 15) is 19.5 Å². The van der Waals surface area contributed by atoms with E-state index in [0.29, 0.717) is 30.7 Å². The SMILES string of the molecule is COCCCN1C(=O)c2ccc(C(=O)N3CC(C)(O)C3)cc2C1=O. The van der Waals surface area contributed by atoms with Gasteiger partial charge in [0.15, 0.2) is 0 Å². The van der Waals surface area contributed by atoms with Gasteiger partial charge < -0.3 is 14.7 Å². The molecule has 1 aromatic carbocycles. The summed E-state index contributed by atoms with van der Waals surface area (Å²) in [4.78, 5) is 39.8. The lowest BCUT2D eigenvalue weighted by atomic mass is 9.95. The number of aliphatic hydroxyl groups is 1. The topological polar surface area (TPSA) is 87.2 Å². The van der Waals surface area contributed by atoms with Crippen LogP contribution in [0.4, 0.5) is 0 Å². The molecule has 3 amide bonds. The Hall–Kier alpha value is -2.25. The van der Waals surface area contributed by atoms with Crippen LogP contribution in [0.5, 0.6) is 0 Å². The molecule has 3 rings (SSSR count). The summed E-state index contributed by atoms with van der Waals surface area (Å²) in [5.74, 6) is -0.962. The van der Waals surface area contributed by atoms with Gasteiger partial charge in [-0.1, -0.05) is 0 Å². The predicted octanol–water partition coefficient (Wildman–Crippen LogP) is 0.526.